The molecule has 102 valence electrons. The van der Waals surface area contributed by atoms with E-state index >= 15 is 0 Å². The summed E-state index contributed by atoms with van der Waals surface area (Å²) in [6, 6.07) is 6.29. The molecule has 1 aromatic rings. The molecule has 0 amide bonds. The van der Waals surface area contributed by atoms with Gasteiger partial charge in [-0.15, -0.1) is 0 Å². The maximum absolute atomic E-state index is 5.84. The predicted molar refractivity (Wildman–Crippen MR) is 78.5 cm³/mol. The van der Waals surface area contributed by atoms with Gasteiger partial charge in [-0.1, -0.05) is 26.8 Å². The Morgan fingerprint density at radius 2 is 2.00 bits per heavy atom. The van der Waals surface area contributed by atoms with Crippen LogP contribution >= 0.6 is 15.9 Å². The average Bonchev–Trinajstić information content (AvgIpc) is 2.34. The molecule has 0 bridgehead atoms. The van der Waals surface area contributed by atoms with Crippen molar-refractivity contribution in [3.63, 3.8) is 0 Å². The van der Waals surface area contributed by atoms with Crippen LogP contribution in [0.5, 0.6) is 11.5 Å². The Hall–Kier alpha value is -0.740. The van der Waals surface area contributed by atoms with E-state index in [1.54, 1.807) is 7.11 Å². The van der Waals surface area contributed by atoms with Crippen molar-refractivity contribution in [3.05, 3.63) is 22.7 Å². The van der Waals surface area contributed by atoms with Gasteiger partial charge >= 0.3 is 0 Å². The fourth-order valence-corrected chi connectivity index (χ4v) is 1.97. The Morgan fingerprint density at radius 1 is 1.28 bits per heavy atom. The largest absolute Gasteiger partial charge is 0.493 e. The van der Waals surface area contributed by atoms with Gasteiger partial charge in [0.1, 0.15) is 0 Å². The summed E-state index contributed by atoms with van der Waals surface area (Å²) in [4.78, 5) is 0. The number of hydrogen-bond acceptors (Lipinski definition) is 3. The van der Waals surface area contributed by atoms with Crippen LogP contribution in [0.4, 0.5) is 0 Å². The third-order valence-corrected chi connectivity index (χ3v) is 3.16. The van der Waals surface area contributed by atoms with Gasteiger partial charge in [0.25, 0.3) is 0 Å². The highest BCUT2D eigenvalue weighted by Crippen LogP contribution is 2.34. The summed E-state index contributed by atoms with van der Waals surface area (Å²) in [5, 5.41) is 3.40. The topological polar surface area (TPSA) is 30.5 Å². The molecule has 1 unspecified atom stereocenters. The fourth-order valence-electron chi connectivity index (χ4n) is 1.51. The molecule has 4 heteroatoms. The minimum Gasteiger partial charge on any atom is -0.493 e. The molecule has 1 N–H and O–H groups in total. The lowest BCUT2D eigenvalue weighted by Gasteiger charge is -2.17. The maximum Gasteiger partial charge on any atom is 0.175 e. The molecule has 0 spiro atoms. The maximum atomic E-state index is 5.84. The summed E-state index contributed by atoms with van der Waals surface area (Å²) in [6.07, 6.45) is 0. The summed E-state index contributed by atoms with van der Waals surface area (Å²) >= 11 is 3.48. The molecule has 0 saturated carbocycles. The zero-order chi connectivity index (χ0) is 13.5. The molecule has 1 rings (SSSR count). The number of benzene rings is 1. The van der Waals surface area contributed by atoms with Gasteiger partial charge in [-0.3, -0.25) is 0 Å². The van der Waals surface area contributed by atoms with E-state index in [0.717, 1.165) is 22.5 Å². The van der Waals surface area contributed by atoms with Gasteiger partial charge in [0.05, 0.1) is 18.2 Å². The minimum atomic E-state index is 0.448. The quantitative estimate of drug-likeness (QED) is 0.835. The number of halogens is 1. The highest BCUT2D eigenvalue weighted by Gasteiger charge is 2.10. The number of para-hydroxylation sites is 1. The monoisotopic (exact) mass is 315 g/mol. The van der Waals surface area contributed by atoms with Crippen LogP contribution in [0.1, 0.15) is 20.8 Å². The Morgan fingerprint density at radius 3 is 2.61 bits per heavy atom. The second-order valence-corrected chi connectivity index (χ2v) is 5.60. The molecule has 0 heterocycles. The van der Waals surface area contributed by atoms with Crippen LogP contribution in [0.3, 0.4) is 0 Å². The zero-order valence-electron chi connectivity index (χ0n) is 11.5. The Bertz CT molecular complexity index is 369. The molecule has 0 fully saturated rings. The molecule has 0 aliphatic rings. The van der Waals surface area contributed by atoms with Crippen molar-refractivity contribution in [3.8, 4) is 11.5 Å². The van der Waals surface area contributed by atoms with Crippen LogP contribution in [0.25, 0.3) is 0 Å². The van der Waals surface area contributed by atoms with Crippen LogP contribution < -0.4 is 14.8 Å². The summed E-state index contributed by atoms with van der Waals surface area (Å²) in [5.41, 5.74) is 0. The summed E-state index contributed by atoms with van der Waals surface area (Å²) in [5.74, 6) is 1.98. The minimum absolute atomic E-state index is 0.448. The second kappa shape index (κ2) is 7.64. The second-order valence-electron chi connectivity index (χ2n) is 4.75. The average molecular weight is 316 g/mol. The van der Waals surface area contributed by atoms with Crippen LogP contribution in [0.2, 0.25) is 0 Å². The highest BCUT2D eigenvalue weighted by molar-refractivity contribution is 9.10. The number of nitrogens with one attached hydrogen (secondary N) is 1. The van der Waals surface area contributed by atoms with Gasteiger partial charge in [-0.2, -0.15) is 0 Å². The lowest BCUT2D eigenvalue weighted by molar-refractivity contribution is 0.240. The summed E-state index contributed by atoms with van der Waals surface area (Å²) in [7, 11) is 1.65. The predicted octanol–water partition coefficient (Wildman–Crippen LogP) is 3.47. The van der Waals surface area contributed by atoms with Crippen molar-refractivity contribution in [2.24, 2.45) is 5.92 Å². The Labute approximate surface area is 118 Å². The van der Waals surface area contributed by atoms with Crippen molar-refractivity contribution in [2.75, 3.05) is 20.3 Å². The Balaban J connectivity index is 2.52. The van der Waals surface area contributed by atoms with Gasteiger partial charge in [-0.25, -0.2) is 0 Å². The third-order valence-electron chi connectivity index (χ3n) is 2.54. The molecule has 0 aliphatic heterocycles. The molecular formula is C14H22BrNO2. The van der Waals surface area contributed by atoms with Gasteiger partial charge in [0.2, 0.25) is 0 Å². The van der Waals surface area contributed by atoms with Crippen molar-refractivity contribution in [1.82, 2.24) is 5.32 Å². The van der Waals surface area contributed by atoms with Gasteiger partial charge in [0, 0.05) is 18.5 Å². The van der Waals surface area contributed by atoms with Crippen molar-refractivity contribution >= 4 is 15.9 Å². The summed E-state index contributed by atoms with van der Waals surface area (Å²) < 4.78 is 12.0. The molecule has 0 aromatic heterocycles. The number of rotatable bonds is 7. The van der Waals surface area contributed by atoms with Crippen LogP contribution in [-0.2, 0) is 0 Å². The third kappa shape index (κ3) is 4.86. The van der Waals surface area contributed by atoms with E-state index in [9.17, 15) is 0 Å². The lowest BCUT2D eigenvalue weighted by atomic mass is 10.2. The first kappa shape index (κ1) is 15.3. The fraction of sp³-hybridized carbons (Fsp3) is 0.571. The molecule has 0 saturated heterocycles. The lowest BCUT2D eigenvalue weighted by Crippen LogP contribution is -2.30. The number of hydrogen-bond donors (Lipinski definition) is 1. The van der Waals surface area contributed by atoms with E-state index in [0.29, 0.717) is 18.6 Å². The molecule has 0 radical (unpaired) electrons. The van der Waals surface area contributed by atoms with E-state index in [4.69, 9.17) is 9.47 Å². The van der Waals surface area contributed by atoms with Crippen molar-refractivity contribution in [2.45, 2.75) is 26.8 Å². The number of methoxy groups -OCH3 is 1. The summed E-state index contributed by atoms with van der Waals surface area (Å²) in [6.45, 7) is 8.07. The smallest absolute Gasteiger partial charge is 0.175 e. The highest BCUT2D eigenvalue weighted by atomic mass is 79.9. The standard InChI is InChI=1S/C14H22BrNO2/c1-10(2)16-8-11(3)9-18-14-12(15)6-5-7-13(14)17-4/h5-7,10-11,16H,8-9H2,1-4H3. The SMILES string of the molecule is COc1cccc(Br)c1OCC(C)CNC(C)C. The molecule has 18 heavy (non-hydrogen) atoms. The molecule has 1 atom stereocenters. The molecule has 1 aromatic carbocycles. The van der Waals surface area contributed by atoms with E-state index in [2.05, 4.69) is 42.0 Å². The van der Waals surface area contributed by atoms with Gasteiger partial charge < -0.3 is 14.8 Å². The molecule has 3 nitrogen and oxygen atoms in total. The first-order chi connectivity index (χ1) is 8.54. The van der Waals surface area contributed by atoms with Gasteiger partial charge in [-0.05, 0) is 28.1 Å². The van der Waals surface area contributed by atoms with Crippen molar-refractivity contribution in [1.29, 1.82) is 0 Å². The Kier molecular flexibility index (Phi) is 6.50. The molecular weight excluding hydrogens is 294 g/mol. The zero-order valence-corrected chi connectivity index (χ0v) is 13.1. The van der Waals surface area contributed by atoms with E-state index < -0.39 is 0 Å². The first-order valence-corrected chi connectivity index (χ1v) is 7.02. The van der Waals surface area contributed by atoms with Crippen LogP contribution in [0.15, 0.2) is 22.7 Å². The normalized spacial score (nSPS) is 12.6. The number of ether oxygens (including phenoxy) is 2. The van der Waals surface area contributed by atoms with E-state index in [1.807, 2.05) is 18.2 Å². The van der Waals surface area contributed by atoms with Gasteiger partial charge in [0.15, 0.2) is 11.5 Å². The van der Waals surface area contributed by atoms with Crippen molar-refractivity contribution < 1.29 is 9.47 Å². The molecule has 0 aliphatic carbocycles. The van der Waals surface area contributed by atoms with Crippen LogP contribution in [-0.4, -0.2) is 26.3 Å². The van der Waals surface area contributed by atoms with E-state index in [1.165, 1.54) is 0 Å². The van der Waals surface area contributed by atoms with E-state index in [-0.39, 0.29) is 0 Å². The van der Waals surface area contributed by atoms with Crippen LogP contribution in [0, 0.1) is 5.92 Å². The first-order valence-electron chi connectivity index (χ1n) is 6.23.